The Bertz CT molecular complexity index is 957. The highest BCUT2D eigenvalue weighted by molar-refractivity contribution is 6.32. The van der Waals surface area contributed by atoms with Crippen molar-refractivity contribution in [3.05, 3.63) is 41.3 Å². The molecule has 2 aromatic rings. The Labute approximate surface area is 182 Å². The summed E-state index contributed by atoms with van der Waals surface area (Å²) in [5.74, 6) is -0.239. The Balaban J connectivity index is 1.42. The Morgan fingerprint density at radius 2 is 1.87 bits per heavy atom. The third-order valence-corrected chi connectivity index (χ3v) is 5.28. The van der Waals surface area contributed by atoms with Crippen LogP contribution in [0.1, 0.15) is 23.3 Å². The molecule has 10 nitrogen and oxygen atoms in total. The second-order valence-corrected chi connectivity index (χ2v) is 7.79. The average molecular weight is 453 g/mol. The lowest BCUT2D eigenvalue weighted by molar-refractivity contribution is -0.286. The van der Waals surface area contributed by atoms with Gasteiger partial charge in [0.25, 0.3) is 0 Å². The number of aliphatic hydroxyl groups excluding tert-OH is 4. The van der Waals surface area contributed by atoms with Gasteiger partial charge in [-0.3, -0.25) is 0 Å². The minimum atomic E-state index is -1.72. The maximum atomic E-state index is 12.4. The first-order chi connectivity index (χ1) is 14.8. The standard InChI is InChI=1S/C20H21ClN2O8/c21-11-5-9(1-4-14(11)30-10-2-3-10)12-6-13(23-8-22-12)19(27)29-7-15-16(24)17(25)18(26)20(28)31-15/h1,4-6,8,10,15-18,20,24-26,28H,2-3,7H2. The van der Waals surface area contributed by atoms with Gasteiger partial charge in [-0.1, -0.05) is 11.6 Å². The van der Waals surface area contributed by atoms with Gasteiger partial charge >= 0.3 is 5.97 Å². The Kier molecular flexibility index (Phi) is 6.37. The number of esters is 1. The number of ether oxygens (including phenoxy) is 3. The number of aromatic nitrogens is 2. The summed E-state index contributed by atoms with van der Waals surface area (Å²) in [5, 5.41) is 39.1. The van der Waals surface area contributed by atoms with E-state index in [0.717, 1.165) is 12.8 Å². The average Bonchev–Trinajstić information content (AvgIpc) is 3.59. The molecule has 1 saturated carbocycles. The van der Waals surface area contributed by atoms with Gasteiger partial charge in [-0.2, -0.15) is 0 Å². The molecule has 4 rings (SSSR count). The second kappa shape index (κ2) is 9.03. The van der Waals surface area contributed by atoms with Crippen LogP contribution in [0.4, 0.5) is 0 Å². The molecule has 2 heterocycles. The van der Waals surface area contributed by atoms with Crippen LogP contribution in [0.3, 0.4) is 0 Å². The molecular formula is C20H21ClN2O8. The number of benzene rings is 1. The summed E-state index contributed by atoms with van der Waals surface area (Å²) < 4.78 is 15.8. The van der Waals surface area contributed by atoms with E-state index >= 15 is 0 Å². The van der Waals surface area contributed by atoms with Gasteiger partial charge in [-0.25, -0.2) is 14.8 Å². The zero-order chi connectivity index (χ0) is 22.1. The molecule has 0 amide bonds. The number of carbonyl (C=O) groups is 1. The summed E-state index contributed by atoms with van der Waals surface area (Å²) >= 11 is 6.28. The molecule has 5 atom stereocenters. The van der Waals surface area contributed by atoms with Gasteiger partial charge < -0.3 is 34.6 Å². The minimum Gasteiger partial charge on any atom is -0.489 e. The first-order valence-corrected chi connectivity index (χ1v) is 10.0. The van der Waals surface area contributed by atoms with Crippen LogP contribution in [0.5, 0.6) is 5.75 Å². The summed E-state index contributed by atoms with van der Waals surface area (Å²) in [4.78, 5) is 20.4. The highest BCUT2D eigenvalue weighted by Gasteiger charge is 2.43. The molecule has 1 aliphatic heterocycles. The molecule has 166 valence electrons. The lowest BCUT2D eigenvalue weighted by atomic mass is 9.99. The largest absolute Gasteiger partial charge is 0.489 e. The highest BCUT2D eigenvalue weighted by Crippen LogP contribution is 2.34. The molecular weight excluding hydrogens is 432 g/mol. The summed E-state index contributed by atoms with van der Waals surface area (Å²) in [5.41, 5.74) is 1.03. The van der Waals surface area contributed by atoms with Crippen LogP contribution >= 0.6 is 11.6 Å². The topological polar surface area (TPSA) is 151 Å². The van der Waals surface area contributed by atoms with E-state index in [4.69, 9.17) is 25.8 Å². The number of rotatable bonds is 6. The zero-order valence-corrected chi connectivity index (χ0v) is 16.9. The van der Waals surface area contributed by atoms with Crippen molar-refractivity contribution in [2.24, 2.45) is 0 Å². The van der Waals surface area contributed by atoms with Crippen molar-refractivity contribution >= 4 is 17.6 Å². The van der Waals surface area contributed by atoms with E-state index in [1.54, 1.807) is 18.2 Å². The molecule has 1 aromatic heterocycles. The van der Waals surface area contributed by atoms with Gasteiger partial charge in [0.05, 0.1) is 16.8 Å². The maximum absolute atomic E-state index is 12.4. The third-order valence-electron chi connectivity index (χ3n) is 4.99. The number of hydrogen-bond donors (Lipinski definition) is 4. The summed E-state index contributed by atoms with van der Waals surface area (Å²) in [6, 6.07) is 6.60. The number of halogens is 1. The monoisotopic (exact) mass is 452 g/mol. The van der Waals surface area contributed by atoms with Crippen molar-refractivity contribution in [3.8, 4) is 17.0 Å². The normalized spacial score (nSPS) is 28.2. The summed E-state index contributed by atoms with van der Waals surface area (Å²) in [6.45, 7) is -0.473. The molecule has 11 heteroatoms. The molecule has 0 radical (unpaired) electrons. The van der Waals surface area contributed by atoms with Gasteiger partial charge in [0, 0.05) is 5.56 Å². The van der Waals surface area contributed by atoms with Crippen LogP contribution in [-0.2, 0) is 9.47 Å². The van der Waals surface area contributed by atoms with Crippen LogP contribution in [0.2, 0.25) is 5.02 Å². The fourth-order valence-corrected chi connectivity index (χ4v) is 3.27. The molecule has 2 aliphatic rings. The van der Waals surface area contributed by atoms with Crippen LogP contribution in [0.25, 0.3) is 11.3 Å². The fraction of sp³-hybridized carbons (Fsp3) is 0.450. The van der Waals surface area contributed by atoms with Crippen molar-refractivity contribution in [1.29, 1.82) is 0 Å². The summed E-state index contributed by atoms with van der Waals surface area (Å²) in [6.07, 6.45) is -4.38. The Morgan fingerprint density at radius 1 is 1.10 bits per heavy atom. The minimum absolute atomic E-state index is 0.0501. The van der Waals surface area contributed by atoms with Gasteiger partial charge in [-0.15, -0.1) is 0 Å². The van der Waals surface area contributed by atoms with Crippen LogP contribution in [0, 0.1) is 0 Å². The molecule has 2 fully saturated rings. The molecule has 1 saturated heterocycles. The van der Waals surface area contributed by atoms with Crippen LogP contribution < -0.4 is 4.74 Å². The molecule has 1 aliphatic carbocycles. The van der Waals surface area contributed by atoms with Crippen LogP contribution in [0.15, 0.2) is 30.6 Å². The van der Waals surface area contributed by atoms with E-state index in [1.165, 1.54) is 12.4 Å². The smallest absolute Gasteiger partial charge is 0.357 e. The number of carbonyl (C=O) groups excluding carboxylic acids is 1. The molecule has 31 heavy (non-hydrogen) atoms. The van der Waals surface area contributed by atoms with Crippen molar-refractivity contribution < 1.29 is 39.4 Å². The first-order valence-electron chi connectivity index (χ1n) is 9.67. The lowest BCUT2D eigenvalue weighted by Gasteiger charge is -2.37. The van der Waals surface area contributed by atoms with Gasteiger partial charge in [0.2, 0.25) is 0 Å². The molecule has 0 spiro atoms. The molecule has 4 N–H and O–H groups in total. The zero-order valence-electron chi connectivity index (χ0n) is 16.2. The fourth-order valence-electron chi connectivity index (χ4n) is 3.05. The quantitative estimate of drug-likeness (QED) is 0.450. The van der Waals surface area contributed by atoms with E-state index in [2.05, 4.69) is 9.97 Å². The Morgan fingerprint density at radius 3 is 2.58 bits per heavy atom. The number of hydrogen-bond acceptors (Lipinski definition) is 10. The highest BCUT2D eigenvalue weighted by atomic mass is 35.5. The SMILES string of the molecule is O=C(OCC1OC(O)C(O)C(O)C1O)c1cc(-c2ccc(OC3CC3)c(Cl)c2)ncn1. The van der Waals surface area contributed by atoms with E-state index in [1.807, 2.05) is 0 Å². The molecule has 5 unspecified atom stereocenters. The van der Waals surface area contributed by atoms with Crippen molar-refractivity contribution in [2.45, 2.75) is 49.7 Å². The lowest BCUT2D eigenvalue weighted by Crippen LogP contribution is -2.58. The Hall–Kier alpha value is -2.34. The number of nitrogens with zero attached hydrogens (tertiary/aromatic N) is 2. The predicted octanol–water partition coefficient (Wildman–Crippen LogP) is 0.295. The van der Waals surface area contributed by atoms with E-state index in [-0.39, 0.29) is 11.8 Å². The van der Waals surface area contributed by atoms with Crippen molar-refractivity contribution in [3.63, 3.8) is 0 Å². The first kappa shape index (κ1) is 21.9. The molecule has 1 aromatic carbocycles. The number of aliphatic hydroxyl groups is 4. The maximum Gasteiger partial charge on any atom is 0.357 e. The van der Waals surface area contributed by atoms with Gasteiger partial charge in [0.15, 0.2) is 12.0 Å². The summed E-state index contributed by atoms with van der Waals surface area (Å²) in [7, 11) is 0. The van der Waals surface area contributed by atoms with Crippen molar-refractivity contribution in [2.75, 3.05) is 6.61 Å². The third kappa shape index (κ3) is 4.95. The van der Waals surface area contributed by atoms with Gasteiger partial charge in [0.1, 0.15) is 43.1 Å². The second-order valence-electron chi connectivity index (χ2n) is 7.39. The van der Waals surface area contributed by atoms with E-state index in [0.29, 0.717) is 22.0 Å². The van der Waals surface area contributed by atoms with Gasteiger partial charge in [-0.05, 0) is 37.1 Å². The predicted molar refractivity (Wildman–Crippen MR) is 105 cm³/mol. The molecule has 0 bridgehead atoms. The van der Waals surface area contributed by atoms with Crippen molar-refractivity contribution in [1.82, 2.24) is 9.97 Å². The van der Waals surface area contributed by atoms with E-state index in [9.17, 15) is 25.2 Å². The van der Waals surface area contributed by atoms with Crippen LogP contribution in [-0.4, -0.2) is 79.8 Å². The van der Waals surface area contributed by atoms with E-state index < -0.39 is 43.3 Å².